The summed E-state index contributed by atoms with van der Waals surface area (Å²) >= 11 is 0. The van der Waals surface area contributed by atoms with Gasteiger partial charge in [-0.3, -0.25) is 0 Å². The minimum atomic E-state index is -0.301. The van der Waals surface area contributed by atoms with Gasteiger partial charge in [-0.2, -0.15) is 0 Å². The quantitative estimate of drug-likeness (QED) is 0.897. The zero-order valence-corrected chi connectivity index (χ0v) is 10.8. The number of aryl methyl sites for hydroxylation is 1. The lowest BCUT2D eigenvalue weighted by Crippen LogP contribution is -2.24. The Morgan fingerprint density at radius 1 is 1.26 bits per heavy atom. The minimum Gasteiger partial charge on any atom is -0.485 e. The minimum absolute atomic E-state index is 0.0998. The van der Waals surface area contributed by atoms with E-state index in [1.54, 1.807) is 0 Å². The third-order valence-corrected chi connectivity index (χ3v) is 3.47. The highest BCUT2D eigenvalue weighted by Gasteiger charge is 2.25. The van der Waals surface area contributed by atoms with Crippen molar-refractivity contribution in [3.05, 3.63) is 53.3 Å². The van der Waals surface area contributed by atoms with Gasteiger partial charge in [-0.25, -0.2) is 4.39 Å². The molecule has 3 rings (SSSR count). The maximum atomic E-state index is 14.1. The third kappa shape index (κ3) is 2.22. The molecule has 98 valence electrons. The number of ether oxygens (including phenoxy) is 1. The summed E-state index contributed by atoms with van der Waals surface area (Å²) < 4.78 is 19.6. The summed E-state index contributed by atoms with van der Waals surface area (Å²) in [5.41, 5.74) is 9.57. The molecule has 2 nitrogen and oxygen atoms in total. The summed E-state index contributed by atoms with van der Waals surface area (Å²) in [5, 5.41) is 0. The third-order valence-electron chi connectivity index (χ3n) is 3.47. The summed E-state index contributed by atoms with van der Waals surface area (Å²) in [6.45, 7) is 2.44. The lowest BCUT2D eigenvalue weighted by atomic mass is 9.99. The Bertz CT molecular complexity index is 624. The van der Waals surface area contributed by atoms with Crippen molar-refractivity contribution in [2.24, 2.45) is 5.73 Å². The van der Waals surface area contributed by atoms with Crippen LogP contribution in [-0.2, 0) is 6.42 Å². The molecule has 1 atom stereocenters. The SMILES string of the molecule is Cc1cccc(-c2cc(F)c3c(c2)CC(CN)O3)c1. The Morgan fingerprint density at radius 3 is 2.84 bits per heavy atom. The van der Waals surface area contributed by atoms with Crippen molar-refractivity contribution in [3.63, 3.8) is 0 Å². The summed E-state index contributed by atoms with van der Waals surface area (Å²) in [7, 11) is 0. The van der Waals surface area contributed by atoms with Crippen LogP contribution in [0.5, 0.6) is 5.75 Å². The molecule has 2 aromatic carbocycles. The van der Waals surface area contributed by atoms with Gasteiger partial charge in [0.1, 0.15) is 6.10 Å². The Kier molecular flexibility index (Phi) is 2.99. The van der Waals surface area contributed by atoms with E-state index in [9.17, 15) is 4.39 Å². The first-order valence-electron chi connectivity index (χ1n) is 6.43. The van der Waals surface area contributed by atoms with Crippen molar-refractivity contribution >= 4 is 0 Å². The second-order valence-corrected chi connectivity index (χ2v) is 5.00. The second kappa shape index (κ2) is 4.67. The zero-order chi connectivity index (χ0) is 13.4. The van der Waals surface area contributed by atoms with E-state index in [0.29, 0.717) is 18.7 Å². The maximum absolute atomic E-state index is 14.1. The number of hydrogen-bond acceptors (Lipinski definition) is 2. The van der Waals surface area contributed by atoms with Gasteiger partial charge in [-0.1, -0.05) is 29.8 Å². The van der Waals surface area contributed by atoms with Crippen molar-refractivity contribution < 1.29 is 9.13 Å². The molecule has 0 saturated carbocycles. The topological polar surface area (TPSA) is 35.2 Å². The van der Waals surface area contributed by atoms with Gasteiger partial charge in [0, 0.05) is 18.5 Å². The smallest absolute Gasteiger partial charge is 0.165 e. The first-order valence-corrected chi connectivity index (χ1v) is 6.43. The number of halogens is 1. The van der Waals surface area contributed by atoms with E-state index in [2.05, 4.69) is 6.07 Å². The van der Waals surface area contributed by atoms with Gasteiger partial charge in [-0.15, -0.1) is 0 Å². The molecule has 0 bridgehead atoms. The van der Waals surface area contributed by atoms with Gasteiger partial charge in [0.2, 0.25) is 0 Å². The van der Waals surface area contributed by atoms with Crippen molar-refractivity contribution in [3.8, 4) is 16.9 Å². The number of rotatable bonds is 2. The van der Waals surface area contributed by atoms with Crippen LogP contribution >= 0.6 is 0 Å². The van der Waals surface area contributed by atoms with Crippen LogP contribution in [0.15, 0.2) is 36.4 Å². The van der Waals surface area contributed by atoms with Crippen LogP contribution in [-0.4, -0.2) is 12.6 Å². The maximum Gasteiger partial charge on any atom is 0.165 e. The second-order valence-electron chi connectivity index (χ2n) is 5.00. The molecule has 1 aliphatic heterocycles. The standard InChI is InChI=1S/C16H16FNO/c1-10-3-2-4-11(5-10)12-6-13-7-14(9-18)19-16(13)15(17)8-12/h2-6,8,14H,7,9,18H2,1H3. The van der Waals surface area contributed by atoms with Gasteiger partial charge in [0.15, 0.2) is 11.6 Å². The van der Waals surface area contributed by atoms with Crippen LogP contribution < -0.4 is 10.5 Å². The molecular weight excluding hydrogens is 241 g/mol. The predicted octanol–water partition coefficient (Wildman–Crippen LogP) is 3.06. The van der Waals surface area contributed by atoms with E-state index in [1.165, 1.54) is 6.07 Å². The Morgan fingerprint density at radius 2 is 2.11 bits per heavy atom. The van der Waals surface area contributed by atoms with Gasteiger partial charge < -0.3 is 10.5 Å². The highest BCUT2D eigenvalue weighted by atomic mass is 19.1. The van der Waals surface area contributed by atoms with Crippen LogP contribution in [0.2, 0.25) is 0 Å². The van der Waals surface area contributed by atoms with Crippen LogP contribution in [0.25, 0.3) is 11.1 Å². The van der Waals surface area contributed by atoms with E-state index in [4.69, 9.17) is 10.5 Å². The molecule has 0 spiro atoms. The number of hydrogen-bond donors (Lipinski definition) is 1. The first kappa shape index (κ1) is 12.2. The summed E-state index contributed by atoms with van der Waals surface area (Å²) in [6, 6.07) is 11.6. The monoisotopic (exact) mass is 257 g/mol. The number of fused-ring (bicyclic) bond motifs is 1. The fraction of sp³-hybridized carbons (Fsp3) is 0.250. The molecule has 1 unspecified atom stereocenters. The lowest BCUT2D eigenvalue weighted by molar-refractivity contribution is 0.232. The fourth-order valence-electron chi connectivity index (χ4n) is 2.51. The first-order chi connectivity index (χ1) is 9.17. The van der Waals surface area contributed by atoms with Crippen molar-refractivity contribution in [1.29, 1.82) is 0 Å². The largest absolute Gasteiger partial charge is 0.485 e. The van der Waals surface area contributed by atoms with Gasteiger partial charge in [-0.05, 0) is 30.2 Å². The van der Waals surface area contributed by atoms with Crippen molar-refractivity contribution in [2.45, 2.75) is 19.4 Å². The van der Waals surface area contributed by atoms with E-state index < -0.39 is 0 Å². The van der Waals surface area contributed by atoms with Crippen molar-refractivity contribution in [2.75, 3.05) is 6.54 Å². The summed E-state index contributed by atoms with van der Waals surface area (Å²) in [6.07, 6.45) is 0.583. The van der Waals surface area contributed by atoms with Crippen LogP contribution in [0.1, 0.15) is 11.1 Å². The van der Waals surface area contributed by atoms with E-state index in [1.807, 2.05) is 31.2 Å². The van der Waals surface area contributed by atoms with Crippen LogP contribution in [0.4, 0.5) is 4.39 Å². The number of nitrogens with two attached hydrogens (primary N) is 1. The molecular formula is C16H16FNO. The Balaban J connectivity index is 2.04. The van der Waals surface area contributed by atoms with Gasteiger partial charge in [0.05, 0.1) is 0 Å². The van der Waals surface area contributed by atoms with E-state index >= 15 is 0 Å². The van der Waals surface area contributed by atoms with E-state index in [0.717, 1.165) is 22.3 Å². The zero-order valence-electron chi connectivity index (χ0n) is 10.8. The molecule has 2 aromatic rings. The Hall–Kier alpha value is -1.87. The molecule has 3 heteroatoms. The summed E-state index contributed by atoms with van der Waals surface area (Å²) in [4.78, 5) is 0. The number of benzene rings is 2. The van der Waals surface area contributed by atoms with E-state index in [-0.39, 0.29) is 11.9 Å². The van der Waals surface area contributed by atoms with Gasteiger partial charge >= 0.3 is 0 Å². The highest BCUT2D eigenvalue weighted by molar-refractivity contribution is 5.67. The lowest BCUT2D eigenvalue weighted by Gasteiger charge is -2.08. The van der Waals surface area contributed by atoms with Crippen molar-refractivity contribution in [1.82, 2.24) is 0 Å². The van der Waals surface area contributed by atoms with Gasteiger partial charge in [0.25, 0.3) is 0 Å². The molecule has 0 aromatic heterocycles. The Labute approximate surface area is 112 Å². The summed E-state index contributed by atoms with van der Waals surface area (Å²) in [5.74, 6) is 0.0665. The highest BCUT2D eigenvalue weighted by Crippen LogP contribution is 2.35. The molecule has 1 heterocycles. The fourth-order valence-corrected chi connectivity index (χ4v) is 2.51. The molecule has 2 N–H and O–H groups in total. The molecule has 0 fully saturated rings. The molecule has 19 heavy (non-hydrogen) atoms. The predicted molar refractivity (Wildman–Crippen MR) is 73.7 cm³/mol. The average molecular weight is 257 g/mol. The molecule has 0 saturated heterocycles. The molecule has 1 aliphatic rings. The molecule has 0 amide bonds. The normalized spacial score (nSPS) is 17.1. The average Bonchev–Trinajstić information content (AvgIpc) is 2.82. The molecule has 0 aliphatic carbocycles. The van der Waals surface area contributed by atoms with Crippen LogP contribution in [0.3, 0.4) is 0 Å². The molecule has 0 radical (unpaired) electrons. The van der Waals surface area contributed by atoms with Crippen LogP contribution in [0, 0.1) is 12.7 Å².